The summed E-state index contributed by atoms with van der Waals surface area (Å²) in [6, 6.07) is 7.89. The molecule has 0 radical (unpaired) electrons. The van der Waals surface area contributed by atoms with Crippen LogP contribution in [-0.4, -0.2) is 22.1 Å². The van der Waals surface area contributed by atoms with Gasteiger partial charge >= 0.3 is 6.03 Å². The summed E-state index contributed by atoms with van der Waals surface area (Å²) < 4.78 is 2.13. The molecule has 2 amide bonds. The lowest BCUT2D eigenvalue weighted by molar-refractivity contribution is 0.240. The van der Waals surface area contributed by atoms with Gasteiger partial charge in [0.25, 0.3) is 0 Å². The van der Waals surface area contributed by atoms with Gasteiger partial charge in [0.2, 0.25) is 0 Å². The number of nitrogens with one attached hydrogen (secondary N) is 2. The van der Waals surface area contributed by atoms with Gasteiger partial charge in [-0.05, 0) is 25.5 Å². The van der Waals surface area contributed by atoms with Crippen molar-refractivity contribution in [2.45, 2.75) is 39.8 Å². The van der Waals surface area contributed by atoms with Gasteiger partial charge in [-0.25, -0.2) is 9.78 Å². The molecule has 0 aliphatic heterocycles. The molecular weight excluding hydrogens is 252 g/mol. The average molecular weight is 274 g/mol. The summed E-state index contributed by atoms with van der Waals surface area (Å²) in [4.78, 5) is 16.2. The Kier molecular flexibility index (Phi) is 4.98. The molecule has 2 aromatic rings. The number of unbranched alkanes of at least 4 members (excludes halogenated alkanes) is 1. The minimum atomic E-state index is -0.131. The second kappa shape index (κ2) is 6.93. The van der Waals surface area contributed by atoms with Crippen LogP contribution >= 0.6 is 0 Å². The van der Waals surface area contributed by atoms with E-state index >= 15 is 0 Å². The van der Waals surface area contributed by atoms with Crippen LogP contribution in [0, 0.1) is 0 Å². The third-order valence-electron chi connectivity index (χ3n) is 3.27. The SMILES string of the molecule is CCCCNC(=O)NCc1nc2ccccc2n1CC. The number of rotatable bonds is 6. The van der Waals surface area contributed by atoms with E-state index in [9.17, 15) is 4.79 Å². The number of fused-ring (bicyclic) bond motifs is 1. The van der Waals surface area contributed by atoms with Crippen LogP contribution in [0.3, 0.4) is 0 Å². The fourth-order valence-corrected chi connectivity index (χ4v) is 2.21. The largest absolute Gasteiger partial charge is 0.338 e. The number of carbonyl (C=O) groups is 1. The molecule has 1 aromatic carbocycles. The third kappa shape index (κ3) is 3.29. The second-order valence-corrected chi connectivity index (χ2v) is 4.72. The highest BCUT2D eigenvalue weighted by atomic mass is 16.2. The van der Waals surface area contributed by atoms with Gasteiger partial charge in [0.15, 0.2) is 0 Å². The van der Waals surface area contributed by atoms with E-state index in [1.165, 1.54) is 0 Å². The minimum absolute atomic E-state index is 0.131. The molecule has 1 heterocycles. The zero-order valence-electron chi connectivity index (χ0n) is 12.1. The van der Waals surface area contributed by atoms with Crippen LogP contribution < -0.4 is 10.6 Å². The van der Waals surface area contributed by atoms with Gasteiger partial charge in [-0.3, -0.25) is 0 Å². The monoisotopic (exact) mass is 274 g/mol. The molecule has 108 valence electrons. The minimum Gasteiger partial charge on any atom is -0.338 e. The lowest BCUT2D eigenvalue weighted by Gasteiger charge is -2.08. The Balaban J connectivity index is 2.00. The van der Waals surface area contributed by atoms with E-state index in [0.29, 0.717) is 13.1 Å². The van der Waals surface area contributed by atoms with Crippen molar-refractivity contribution < 1.29 is 4.79 Å². The fourth-order valence-electron chi connectivity index (χ4n) is 2.21. The summed E-state index contributed by atoms with van der Waals surface area (Å²) in [6.07, 6.45) is 2.08. The summed E-state index contributed by atoms with van der Waals surface area (Å²) in [5, 5.41) is 5.70. The highest BCUT2D eigenvalue weighted by molar-refractivity contribution is 5.76. The summed E-state index contributed by atoms with van der Waals surface area (Å²) in [5.41, 5.74) is 2.08. The van der Waals surface area contributed by atoms with Crippen molar-refractivity contribution in [1.29, 1.82) is 0 Å². The van der Waals surface area contributed by atoms with Crippen LogP contribution in [0.1, 0.15) is 32.5 Å². The van der Waals surface area contributed by atoms with Crippen molar-refractivity contribution in [3.63, 3.8) is 0 Å². The van der Waals surface area contributed by atoms with E-state index in [1.807, 2.05) is 18.2 Å². The summed E-state index contributed by atoms with van der Waals surface area (Å²) in [5.74, 6) is 0.888. The average Bonchev–Trinajstić information content (AvgIpc) is 2.83. The summed E-state index contributed by atoms with van der Waals surface area (Å²) in [6.45, 7) is 6.18. The number of amides is 2. The molecule has 20 heavy (non-hydrogen) atoms. The van der Waals surface area contributed by atoms with Crippen molar-refractivity contribution in [3.8, 4) is 0 Å². The molecule has 1 aromatic heterocycles. The Morgan fingerprint density at radius 3 is 2.80 bits per heavy atom. The first-order valence-corrected chi connectivity index (χ1v) is 7.22. The summed E-state index contributed by atoms with van der Waals surface area (Å²) in [7, 11) is 0. The number of para-hydroxylation sites is 2. The molecule has 0 saturated heterocycles. The van der Waals surface area contributed by atoms with Crippen molar-refractivity contribution in [2.75, 3.05) is 6.54 Å². The van der Waals surface area contributed by atoms with Crippen LogP contribution in [0.4, 0.5) is 4.79 Å². The molecule has 0 saturated carbocycles. The van der Waals surface area contributed by atoms with Crippen LogP contribution in [0.5, 0.6) is 0 Å². The quantitative estimate of drug-likeness (QED) is 0.796. The van der Waals surface area contributed by atoms with Gasteiger partial charge < -0.3 is 15.2 Å². The number of aryl methyl sites for hydroxylation is 1. The van der Waals surface area contributed by atoms with Crippen LogP contribution in [-0.2, 0) is 13.1 Å². The molecule has 5 nitrogen and oxygen atoms in total. The number of benzene rings is 1. The van der Waals surface area contributed by atoms with Crippen molar-refractivity contribution in [2.24, 2.45) is 0 Å². The Labute approximate surface area is 119 Å². The Morgan fingerprint density at radius 2 is 2.05 bits per heavy atom. The smallest absolute Gasteiger partial charge is 0.315 e. The number of imidazole rings is 1. The molecule has 0 bridgehead atoms. The van der Waals surface area contributed by atoms with Gasteiger partial charge in [0.05, 0.1) is 17.6 Å². The number of carbonyl (C=O) groups excluding carboxylic acids is 1. The molecule has 0 aliphatic rings. The normalized spacial score (nSPS) is 10.7. The molecule has 0 fully saturated rings. The maximum Gasteiger partial charge on any atom is 0.315 e. The highest BCUT2D eigenvalue weighted by Crippen LogP contribution is 2.15. The van der Waals surface area contributed by atoms with Crippen LogP contribution in [0.15, 0.2) is 24.3 Å². The van der Waals surface area contributed by atoms with Gasteiger partial charge in [-0.2, -0.15) is 0 Å². The number of hydrogen-bond acceptors (Lipinski definition) is 2. The van der Waals surface area contributed by atoms with Crippen molar-refractivity contribution in [3.05, 3.63) is 30.1 Å². The van der Waals surface area contributed by atoms with Gasteiger partial charge in [-0.1, -0.05) is 25.5 Å². The van der Waals surface area contributed by atoms with E-state index < -0.39 is 0 Å². The third-order valence-corrected chi connectivity index (χ3v) is 3.27. The van der Waals surface area contributed by atoms with E-state index in [4.69, 9.17) is 0 Å². The first-order valence-electron chi connectivity index (χ1n) is 7.22. The Morgan fingerprint density at radius 1 is 1.25 bits per heavy atom. The maximum absolute atomic E-state index is 11.6. The molecule has 2 rings (SSSR count). The predicted octanol–water partition coefficient (Wildman–Crippen LogP) is 2.66. The van der Waals surface area contributed by atoms with Crippen molar-refractivity contribution >= 4 is 17.1 Å². The first-order chi connectivity index (χ1) is 9.76. The van der Waals surface area contributed by atoms with E-state index in [-0.39, 0.29) is 6.03 Å². The molecule has 0 atom stereocenters. The molecule has 0 aliphatic carbocycles. The Hall–Kier alpha value is -2.04. The Bertz CT molecular complexity index is 576. The van der Waals surface area contributed by atoms with Gasteiger partial charge in [0, 0.05) is 13.1 Å². The van der Waals surface area contributed by atoms with E-state index in [2.05, 4.69) is 40.1 Å². The van der Waals surface area contributed by atoms with E-state index in [1.54, 1.807) is 0 Å². The number of urea groups is 1. The highest BCUT2D eigenvalue weighted by Gasteiger charge is 2.09. The molecule has 0 spiro atoms. The molecule has 0 unspecified atom stereocenters. The number of hydrogen-bond donors (Lipinski definition) is 2. The lowest BCUT2D eigenvalue weighted by atomic mass is 10.3. The van der Waals surface area contributed by atoms with Crippen molar-refractivity contribution in [1.82, 2.24) is 20.2 Å². The molecule has 2 N–H and O–H groups in total. The zero-order valence-corrected chi connectivity index (χ0v) is 12.1. The summed E-state index contributed by atoms with van der Waals surface area (Å²) >= 11 is 0. The van der Waals surface area contributed by atoms with Gasteiger partial charge in [0.1, 0.15) is 5.82 Å². The molecular formula is C15H22N4O. The number of aromatic nitrogens is 2. The first kappa shape index (κ1) is 14.4. The topological polar surface area (TPSA) is 59.0 Å². The fraction of sp³-hybridized carbons (Fsp3) is 0.467. The predicted molar refractivity (Wildman–Crippen MR) is 80.6 cm³/mol. The van der Waals surface area contributed by atoms with Gasteiger partial charge in [-0.15, -0.1) is 0 Å². The standard InChI is InChI=1S/C15H22N4O/c1-3-5-10-16-15(20)17-11-14-18-12-8-6-7-9-13(12)19(14)4-2/h6-9H,3-5,10-11H2,1-2H3,(H2,16,17,20). The van der Waals surface area contributed by atoms with Crippen LogP contribution in [0.2, 0.25) is 0 Å². The zero-order chi connectivity index (χ0) is 14.4. The molecule has 5 heteroatoms. The maximum atomic E-state index is 11.6. The van der Waals surface area contributed by atoms with E-state index in [0.717, 1.165) is 36.2 Å². The number of nitrogens with zero attached hydrogens (tertiary/aromatic N) is 2. The lowest BCUT2D eigenvalue weighted by Crippen LogP contribution is -2.36. The van der Waals surface area contributed by atoms with Crippen LogP contribution in [0.25, 0.3) is 11.0 Å². The second-order valence-electron chi connectivity index (χ2n) is 4.72.